The number of carbonyl (C=O) groups excluding carboxylic acids is 2. The molecule has 0 amide bonds. The summed E-state index contributed by atoms with van der Waals surface area (Å²) >= 11 is 1.35. The van der Waals surface area contributed by atoms with Crippen LogP contribution in [0, 0.1) is 11.3 Å². The zero-order valence-electron chi connectivity index (χ0n) is 18.4. The zero-order valence-corrected chi connectivity index (χ0v) is 19.2. The first kappa shape index (κ1) is 22.7. The Kier molecular flexibility index (Phi) is 6.67. The van der Waals surface area contributed by atoms with Gasteiger partial charge in [0.25, 0.3) is 0 Å². The summed E-state index contributed by atoms with van der Waals surface area (Å²) in [6.07, 6.45) is 1.49. The molecule has 3 aromatic carbocycles. The normalized spacial score (nSPS) is 11.0. The number of nitrogens with one attached hydrogen (secondary N) is 1. The van der Waals surface area contributed by atoms with Crippen LogP contribution in [0.15, 0.2) is 72.2 Å². The van der Waals surface area contributed by atoms with Gasteiger partial charge >= 0.3 is 11.9 Å². The molecule has 0 aliphatic heterocycles. The van der Waals surface area contributed by atoms with Gasteiger partial charge in [-0.1, -0.05) is 42.5 Å². The highest BCUT2D eigenvalue weighted by molar-refractivity contribution is 7.11. The highest BCUT2D eigenvalue weighted by Gasteiger charge is 2.15. The number of methoxy groups -OCH3 is 2. The van der Waals surface area contributed by atoms with Gasteiger partial charge in [0.05, 0.1) is 31.0 Å². The highest BCUT2D eigenvalue weighted by atomic mass is 32.1. The minimum absolute atomic E-state index is 0.173. The van der Waals surface area contributed by atoms with E-state index < -0.39 is 11.9 Å². The summed E-state index contributed by atoms with van der Waals surface area (Å²) in [4.78, 5) is 28.7. The summed E-state index contributed by atoms with van der Waals surface area (Å²) in [7, 11) is 2.51. The molecule has 0 radical (unpaired) electrons. The van der Waals surface area contributed by atoms with Gasteiger partial charge in [0.2, 0.25) is 0 Å². The molecule has 0 unspecified atom stereocenters. The van der Waals surface area contributed by atoms with Gasteiger partial charge in [-0.05, 0) is 29.0 Å². The number of hydrogen-bond acceptors (Lipinski definition) is 8. The average molecular weight is 470 g/mol. The molecular formula is C26H19N3O4S. The lowest BCUT2D eigenvalue weighted by Gasteiger charge is -2.08. The third kappa shape index (κ3) is 4.65. The number of thiazole rings is 1. The molecule has 8 heteroatoms. The lowest BCUT2D eigenvalue weighted by atomic mass is 10.0. The Labute approximate surface area is 199 Å². The van der Waals surface area contributed by atoms with Gasteiger partial charge in [-0.15, -0.1) is 11.3 Å². The van der Waals surface area contributed by atoms with Crippen molar-refractivity contribution in [3.05, 3.63) is 88.4 Å². The summed E-state index contributed by atoms with van der Waals surface area (Å²) in [6, 6.07) is 20.7. The topological polar surface area (TPSA) is 101 Å². The summed E-state index contributed by atoms with van der Waals surface area (Å²) in [5.41, 5.74) is 2.83. The number of anilines is 1. The first-order valence-corrected chi connectivity index (χ1v) is 11.0. The number of ether oxygens (including phenoxy) is 2. The second kappa shape index (κ2) is 9.98. The summed E-state index contributed by atoms with van der Waals surface area (Å²) in [5, 5.41) is 17.3. The van der Waals surface area contributed by atoms with Crippen molar-refractivity contribution in [3.8, 4) is 17.3 Å². The molecule has 0 spiro atoms. The lowest BCUT2D eigenvalue weighted by molar-refractivity contribution is 0.0599. The van der Waals surface area contributed by atoms with Gasteiger partial charge in [-0.2, -0.15) is 5.26 Å². The quantitative estimate of drug-likeness (QED) is 0.293. The Morgan fingerprint density at radius 1 is 1.00 bits per heavy atom. The summed E-state index contributed by atoms with van der Waals surface area (Å²) in [5.74, 6) is -1.20. The number of nitrogens with zero attached hydrogens (tertiary/aromatic N) is 2. The number of nitriles is 1. The van der Waals surface area contributed by atoms with Crippen molar-refractivity contribution in [2.45, 2.75) is 0 Å². The third-order valence-corrected chi connectivity index (χ3v) is 5.95. The van der Waals surface area contributed by atoms with Crippen LogP contribution in [0.1, 0.15) is 25.7 Å². The number of esters is 2. The second-order valence-corrected chi connectivity index (χ2v) is 8.02. The number of benzene rings is 3. The predicted molar refractivity (Wildman–Crippen MR) is 131 cm³/mol. The monoisotopic (exact) mass is 469 g/mol. The van der Waals surface area contributed by atoms with Crippen LogP contribution >= 0.6 is 11.3 Å². The second-order valence-electron chi connectivity index (χ2n) is 7.16. The van der Waals surface area contributed by atoms with Gasteiger partial charge in [0, 0.05) is 22.8 Å². The fraction of sp³-hybridized carbons (Fsp3) is 0.0769. The van der Waals surface area contributed by atoms with E-state index in [9.17, 15) is 14.9 Å². The molecule has 1 heterocycles. The summed E-state index contributed by atoms with van der Waals surface area (Å²) < 4.78 is 9.51. The minimum Gasteiger partial charge on any atom is -0.465 e. The van der Waals surface area contributed by atoms with E-state index in [1.54, 1.807) is 0 Å². The Hall–Kier alpha value is -4.48. The molecule has 34 heavy (non-hydrogen) atoms. The maximum atomic E-state index is 12.0. The SMILES string of the molecule is COC(=O)c1cc(NC=C(C#N)c2nc(-c3cccc4ccccc34)cs2)cc(C(=O)OC)c1. The fourth-order valence-electron chi connectivity index (χ4n) is 3.45. The average Bonchev–Trinajstić information content (AvgIpc) is 3.37. The largest absolute Gasteiger partial charge is 0.465 e. The first-order valence-electron chi connectivity index (χ1n) is 10.2. The number of rotatable bonds is 6. The summed E-state index contributed by atoms with van der Waals surface area (Å²) in [6.45, 7) is 0. The number of allylic oxidation sites excluding steroid dienone is 1. The number of aromatic nitrogens is 1. The van der Waals surface area contributed by atoms with Crippen molar-refractivity contribution in [1.82, 2.24) is 4.98 Å². The van der Waals surface area contributed by atoms with Crippen LogP contribution in [0.25, 0.3) is 27.6 Å². The molecule has 4 aromatic rings. The van der Waals surface area contributed by atoms with Crippen molar-refractivity contribution in [3.63, 3.8) is 0 Å². The molecule has 0 saturated carbocycles. The van der Waals surface area contributed by atoms with Crippen molar-refractivity contribution >= 4 is 45.3 Å². The van der Waals surface area contributed by atoms with Crippen LogP contribution in [0.5, 0.6) is 0 Å². The molecule has 0 atom stereocenters. The molecule has 168 valence electrons. The van der Waals surface area contributed by atoms with Gasteiger partial charge in [-0.25, -0.2) is 14.6 Å². The van der Waals surface area contributed by atoms with Gasteiger partial charge in [0.15, 0.2) is 0 Å². The van der Waals surface area contributed by atoms with Crippen LogP contribution < -0.4 is 5.32 Å². The van der Waals surface area contributed by atoms with Crippen molar-refractivity contribution in [2.75, 3.05) is 19.5 Å². The Balaban J connectivity index is 1.65. The van der Waals surface area contributed by atoms with Gasteiger partial charge in [0.1, 0.15) is 16.6 Å². The molecule has 0 bridgehead atoms. The van der Waals surface area contributed by atoms with E-state index in [1.165, 1.54) is 50.0 Å². The zero-order chi connectivity index (χ0) is 24.1. The van der Waals surface area contributed by atoms with Crippen LogP contribution in [-0.4, -0.2) is 31.1 Å². The van der Waals surface area contributed by atoms with E-state index >= 15 is 0 Å². The fourth-order valence-corrected chi connectivity index (χ4v) is 4.24. The van der Waals surface area contributed by atoms with E-state index in [2.05, 4.69) is 16.4 Å². The van der Waals surface area contributed by atoms with Crippen LogP contribution in [0.2, 0.25) is 0 Å². The molecule has 0 aliphatic carbocycles. The Bertz CT molecular complexity index is 1430. The molecule has 1 aromatic heterocycles. The van der Waals surface area contributed by atoms with E-state index in [4.69, 9.17) is 9.47 Å². The van der Waals surface area contributed by atoms with E-state index in [0.717, 1.165) is 22.0 Å². The lowest BCUT2D eigenvalue weighted by Crippen LogP contribution is -2.07. The number of fused-ring (bicyclic) bond motifs is 1. The third-order valence-electron chi connectivity index (χ3n) is 5.08. The van der Waals surface area contributed by atoms with Gasteiger partial charge < -0.3 is 14.8 Å². The molecule has 0 aliphatic rings. The maximum absolute atomic E-state index is 12.0. The molecule has 4 rings (SSSR count). The first-order chi connectivity index (χ1) is 16.5. The van der Waals surface area contributed by atoms with E-state index in [-0.39, 0.29) is 11.1 Å². The van der Waals surface area contributed by atoms with Crippen LogP contribution in [0.4, 0.5) is 5.69 Å². The van der Waals surface area contributed by atoms with E-state index in [1.807, 2.05) is 47.8 Å². The smallest absolute Gasteiger partial charge is 0.337 e. The minimum atomic E-state index is -0.599. The van der Waals surface area contributed by atoms with E-state index in [0.29, 0.717) is 16.3 Å². The number of hydrogen-bond donors (Lipinski definition) is 1. The van der Waals surface area contributed by atoms with Crippen LogP contribution in [-0.2, 0) is 9.47 Å². The maximum Gasteiger partial charge on any atom is 0.337 e. The van der Waals surface area contributed by atoms with Crippen molar-refractivity contribution < 1.29 is 19.1 Å². The highest BCUT2D eigenvalue weighted by Crippen LogP contribution is 2.31. The van der Waals surface area contributed by atoms with Crippen molar-refractivity contribution in [1.29, 1.82) is 5.26 Å². The molecular weight excluding hydrogens is 450 g/mol. The molecule has 7 nitrogen and oxygen atoms in total. The van der Waals surface area contributed by atoms with Crippen molar-refractivity contribution in [2.24, 2.45) is 0 Å². The van der Waals surface area contributed by atoms with Gasteiger partial charge in [-0.3, -0.25) is 0 Å². The predicted octanol–water partition coefficient (Wildman–Crippen LogP) is 5.51. The standard InChI is InChI=1S/C26H19N3O4S/c1-32-25(30)17-10-18(26(31)33-2)12-20(11-17)28-14-19(13-27)24-29-23(15-34-24)22-9-5-7-16-6-3-4-8-21(16)22/h3-12,14-15,28H,1-2H3. The Morgan fingerprint density at radius 3 is 2.35 bits per heavy atom. The molecule has 0 fully saturated rings. The Morgan fingerprint density at radius 2 is 1.68 bits per heavy atom. The van der Waals surface area contributed by atoms with Crippen LogP contribution in [0.3, 0.4) is 0 Å². The number of carbonyl (C=O) groups is 2. The molecule has 0 saturated heterocycles. The molecule has 1 N–H and O–H groups in total.